The van der Waals surface area contributed by atoms with Gasteiger partial charge in [0, 0.05) is 0 Å². The number of nitrogens with one attached hydrogen (secondary N) is 2. The normalized spacial score (nSPS) is 24.3. The van der Waals surface area contributed by atoms with Gasteiger partial charge in [-0.2, -0.15) is 0 Å². The van der Waals surface area contributed by atoms with E-state index in [4.69, 9.17) is 15.3 Å². The number of piperidine rings is 1. The van der Waals surface area contributed by atoms with Gasteiger partial charge in [-0.05, 0) is 24.7 Å². The number of amides is 2. The molecule has 185 valence electrons. The number of fused-ring (bicyclic) bond motifs is 2. The molecule has 0 unspecified atom stereocenters. The standard InChI is InChI=1S/C27H39B2N4O2/c1-18(2)20-4-7-23(8-5-20)32-13-10-27(11-14-32)24-9-6-22(31-19(3)34)16-21(24)17-33(25(27)35)15-12-30-26(28)29/h6,9,16,18,20,23,30H,4-5,7-8,10-15,17H2,1-3H3,(H,31,34). The minimum atomic E-state index is -0.508. The number of rotatable bonds is 7. The van der Waals surface area contributed by atoms with Crippen molar-refractivity contribution in [3.8, 4) is 0 Å². The van der Waals surface area contributed by atoms with Crippen molar-refractivity contribution in [3.63, 3.8) is 0 Å². The Morgan fingerprint density at radius 1 is 1.17 bits per heavy atom. The van der Waals surface area contributed by atoms with E-state index in [-0.39, 0.29) is 17.3 Å². The Labute approximate surface area is 213 Å². The average molecular weight is 473 g/mol. The van der Waals surface area contributed by atoms with Crippen molar-refractivity contribution in [2.24, 2.45) is 11.8 Å². The molecule has 35 heavy (non-hydrogen) atoms. The maximum absolute atomic E-state index is 13.9. The molecule has 8 heteroatoms. The van der Waals surface area contributed by atoms with Gasteiger partial charge < -0.3 is 0 Å². The summed E-state index contributed by atoms with van der Waals surface area (Å²) in [5.41, 5.74) is 2.68. The van der Waals surface area contributed by atoms with Crippen LogP contribution in [-0.4, -0.2) is 74.7 Å². The van der Waals surface area contributed by atoms with Gasteiger partial charge in [0.2, 0.25) is 0 Å². The molecule has 2 fully saturated rings. The molecule has 3 radical (unpaired) electrons. The van der Waals surface area contributed by atoms with Crippen LogP contribution in [0.4, 0.5) is 5.69 Å². The van der Waals surface area contributed by atoms with Crippen molar-refractivity contribution in [3.05, 3.63) is 29.3 Å². The van der Waals surface area contributed by atoms with Crippen molar-refractivity contribution in [2.75, 3.05) is 31.5 Å². The fourth-order valence-electron chi connectivity index (χ4n) is 6.57. The van der Waals surface area contributed by atoms with Crippen molar-refractivity contribution in [1.29, 1.82) is 0 Å². The van der Waals surface area contributed by atoms with E-state index in [0.29, 0.717) is 25.7 Å². The Kier molecular flexibility index (Phi) is 8.09. The van der Waals surface area contributed by atoms with Gasteiger partial charge in [0.1, 0.15) is 0 Å². The van der Waals surface area contributed by atoms with Crippen molar-refractivity contribution >= 4 is 38.3 Å². The second-order valence-corrected chi connectivity index (χ2v) is 11.1. The Bertz CT molecular complexity index is 950. The van der Waals surface area contributed by atoms with E-state index in [1.165, 1.54) is 32.6 Å². The summed E-state index contributed by atoms with van der Waals surface area (Å²) in [6, 6.07) is 6.69. The summed E-state index contributed by atoms with van der Waals surface area (Å²) in [7, 11) is 11.1. The molecular weight excluding hydrogens is 434 g/mol. The summed E-state index contributed by atoms with van der Waals surface area (Å²) in [5.74, 6) is 1.74. The molecule has 0 bridgehead atoms. The Balaban J connectivity index is 1.53. The molecule has 1 aromatic carbocycles. The molecule has 1 saturated heterocycles. The van der Waals surface area contributed by atoms with Crippen LogP contribution in [0.2, 0.25) is 0 Å². The first-order valence-electron chi connectivity index (χ1n) is 13.3. The topological polar surface area (TPSA) is 64.7 Å². The monoisotopic (exact) mass is 473 g/mol. The fourth-order valence-corrected chi connectivity index (χ4v) is 6.57. The second kappa shape index (κ2) is 10.9. The van der Waals surface area contributed by atoms with Gasteiger partial charge >= 0.3 is 174 Å². The van der Waals surface area contributed by atoms with Gasteiger partial charge in [0.05, 0.1) is 0 Å². The van der Waals surface area contributed by atoms with E-state index >= 15 is 0 Å². The van der Waals surface area contributed by atoms with Crippen LogP contribution in [0.25, 0.3) is 0 Å². The predicted octanol–water partition coefficient (Wildman–Crippen LogP) is 2.55. The van der Waals surface area contributed by atoms with Crippen molar-refractivity contribution in [2.45, 2.75) is 77.3 Å². The summed E-state index contributed by atoms with van der Waals surface area (Å²) in [6.07, 6.45) is 6.85. The van der Waals surface area contributed by atoms with Gasteiger partial charge in [-0.1, -0.05) is 13.8 Å². The van der Waals surface area contributed by atoms with E-state index < -0.39 is 5.41 Å². The number of carbonyl (C=O) groups is 2. The molecule has 2 heterocycles. The van der Waals surface area contributed by atoms with Gasteiger partial charge in [0.25, 0.3) is 0 Å². The fraction of sp³-hybridized carbons (Fsp3) is 0.667. The third-order valence-corrected chi connectivity index (χ3v) is 8.56. The number of likely N-dealkylation sites (tertiary alicyclic amines) is 1. The van der Waals surface area contributed by atoms with Gasteiger partial charge in [0.15, 0.2) is 0 Å². The third-order valence-electron chi connectivity index (χ3n) is 8.56. The zero-order chi connectivity index (χ0) is 25.2. The van der Waals surface area contributed by atoms with Crippen molar-refractivity contribution in [1.82, 2.24) is 15.1 Å². The number of carbonyl (C=O) groups excluding carboxylic acids is 2. The summed E-state index contributed by atoms with van der Waals surface area (Å²) >= 11 is 0. The van der Waals surface area contributed by atoms with Crippen molar-refractivity contribution < 1.29 is 9.59 Å². The number of anilines is 1. The van der Waals surface area contributed by atoms with E-state index in [1.54, 1.807) is 0 Å². The number of hydrogen-bond donors (Lipinski definition) is 2. The van der Waals surface area contributed by atoms with Gasteiger partial charge in [-0.3, -0.25) is 0 Å². The van der Waals surface area contributed by atoms with Crippen LogP contribution in [0.1, 0.15) is 70.4 Å². The third kappa shape index (κ3) is 5.68. The van der Waals surface area contributed by atoms with Crippen LogP contribution in [0, 0.1) is 11.8 Å². The predicted molar refractivity (Wildman–Crippen MR) is 144 cm³/mol. The molecule has 6 nitrogen and oxygen atoms in total. The molecule has 3 aliphatic rings. The molecule has 2 N–H and O–H groups in total. The van der Waals surface area contributed by atoms with Crippen LogP contribution >= 0.6 is 0 Å². The van der Waals surface area contributed by atoms with Crippen LogP contribution in [0.15, 0.2) is 18.2 Å². The molecule has 4 rings (SSSR count). The van der Waals surface area contributed by atoms with Gasteiger partial charge in [-0.15, -0.1) is 0 Å². The first kappa shape index (κ1) is 26.0. The van der Waals surface area contributed by atoms with Crippen LogP contribution in [-0.2, 0) is 21.5 Å². The molecule has 2 amide bonds. The van der Waals surface area contributed by atoms with Crippen LogP contribution < -0.4 is 10.6 Å². The molecule has 1 aromatic rings. The van der Waals surface area contributed by atoms with Crippen LogP contribution in [0.5, 0.6) is 0 Å². The maximum atomic E-state index is 13.9. The molecule has 0 atom stereocenters. The zero-order valence-electron chi connectivity index (χ0n) is 21.6. The van der Waals surface area contributed by atoms with E-state index in [1.807, 2.05) is 17.0 Å². The zero-order valence-corrected chi connectivity index (χ0v) is 21.6. The Morgan fingerprint density at radius 3 is 2.46 bits per heavy atom. The van der Waals surface area contributed by atoms with Gasteiger partial charge in [-0.25, -0.2) is 0 Å². The summed E-state index contributed by atoms with van der Waals surface area (Å²) < 4.78 is 0. The average Bonchev–Trinajstić information content (AvgIpc) is 2.82. The summed E-state index contributed by atoms with van der Waals surface area (Å²) in [6.45, 7) is 9.68. The second-order valence-electron chi connectivity index (χ2n) is 11.1. The quantitative estimate of drug-likeness (QED) is 0.598. The first-order chi connectivity index (χ1) is 16.7. The minimum absolute atomic E-state index is 0.0953. The molecule has 1 spiro atoms. The van der Waals surface area contributed by atoms with E-state index in [2.05, 4.69) is 35.4 Å². The SMILES string of the molecule is [B]C(=[B])NCCN1Cc2cc(NC(C)=O)ccc2C2(CCN(C3CCC(C(C)C)CC3)CC2)C1=O. The number of nitrogens with zero attached hydrogens (tertiary/aromatic N) is 2. The Morgan fingerprint density at radius 2 is 1.86 bits per heavy atom. The summed E-state index contributed by atoms with van der Waals surface area (Å²) in [5, 5.41) is 5.83. The van der Waals surface area contributed by atoms with E-state index in [9.17, 15) is 9.59 Å². The van der Waals surface area contributed by atoms with Crippen LogP contribution in [0.3, 0.4) is 0 Å². The molecule has 2 aliphatic heterocycles. The molecular formula is C27H39B2N4O2. The summed E-state index contributed by atoms with van der Waals surface area (Å²) in [4.78, 5) is 30.1. The molecule has 0 aromatic heterocycles. The molecule has 1 saturated carbocycles. The number of hydrogen-bond acceptors (Lipinski definition) is 4. The Hall–Kier alpha value is -2.08. The molecule has 1 aliphatic carbocycles. The van der Waals surface area contributed by atoms with E-state index in [0.717, 1.165) is 54.6 Å². The number of benzene rings is 1. The first-order valence-corrected chi connectivity index (χ1v) is 13.3.